The number of aromatic nitrogens is 1. The first-order valence-corrected chi connectivity index (χ1v) is 14.2. The van der Waals surface area contributed by atoms with Gasteiger partial charge < -0.3 is 18.9 Å². The molecule has 1 aromatic heterocycles. The van der Waals surface area contributed by atoms with Crippen LogP contribution in [-0.4, -0.2) is 38.5 Å². The smallest absolute Gasteiger partial charge is 0.338 e. The molecule has 2 aromatic carbocycles. The third-order valence-corrected chi connectivity index (χ3v) is 8.35. The number of thiazole rings is 1. The van der Waals surface area contributed by atoms with Gasteiger partial charge in [-0.1, -0.05) is 17.4 Å². The zero-order valence-electron chi connectivity index (χ0n) is 20.8. The van der Waals surface area contributed by atoms with E-state index in [0.29, 0.717) is 37.7 Å². The summed E-state index contributed by atoms with van der Waals surface area (Å²) in [5, 5.41) is 0. The molecule has 0 N–H and O–H groups in total. The second-order valence-corrected chi connectivity index (χ2v) is 11.3. The first-order chi connectivity index (χ1) is 17.7. The molecule has 1 aliphatic heterocycles. The molecule has 0 saturated carbocycles. The fourth-order valence-electron chi connectivity index (χ4n) is 4.14. The molecule has 0 fully saturated rings. The lowest BCUT2D eigenvalue weighted by atomic mass is 9.95. The Balaban J connectivity index is 1.96. The lowest BCUT2D eigenvalue weighted by molar-refractivity contribution is -0.139. The van der Waals surface area contributed by atoms with E-state index >= 15 is 0 Å². The number of carbonyl (C=O) groups is 1. The van der Waals surface area contributed by atoms with Crippen molar-refractivity contribution in [1.29, 1.82) is 0 Å². The minimum Gasteiger partial charge on any atom is -0.495 e. The van der Waals surface area contributed by atoms with Crippen molar-refractivity contribution < 1.29 is 23.7 Å². The first kappa shape index (κ1) is 27.6. The zero-order valence-corrected chi connectivity index (χ0v) is 25.9. The Hall–Kier alpha value is -2.39. The molecule has 0 aliphatic carbocycles. The minimum absolute atomic E-state index is 0.202. The van der Waals surface area contributed by atoms with Crippen LogP contribution in [0.4, 0.5) is 0 Å². The third-order valence-electron chi connectivity index (χ3n) is 5.76. The number of rotatable bonds is 7. The van der Waals surface area contributed by atoms with Crippen LogP contribution in [0.15, 0.2) is 51.4 Å². The number of nitrogens with zero attached hydrogens (tertiary/aromatic N) is 2. The van der Waals surface area contributed by atoms with E-state index in [9.17, 15) is 9.59 Å². The van der Waals surface area contributed by atoms with Crippen LogP contribution in [0.2, 0.25) is 0 Å². The van der Waals surface area contributed by atoms with E-state index in [1.807, 2.05) is 24.3 Å². The number of carbonyl (C=O) groups excluding carboxylic acids is 1. The number of fused-ring (bicyclic) bond motifs is 1. The number of esters is 1. The number of ether oxygens (including phenoxy) is 4. The molecule has 194 valence electrons. The van der Waals surface area contributed by atoms with Gasteiger partial charge >= 0.3 is 5.97 Å². The third kappa shape index (κ3) is 5.30. The van der Waals surface area contributed by atoms with Crippen LogP contribution in [0.25, 0.3) is 6.08 Å². The maximum absolute atomic E-state index is 13.8. The standard InChI is InChI=1S/C26H24I2N2O6S/c1-6-36-25(32)21-13(2)29-26-30(22(21)15-7-8-18(33-3)19(12-15)34-4)24(31)20(37-26)11-14-9-16(27)23(35-5)17(28)10-14/h7-12,22H,6H2,1-5H3/b20-11-/t22-/m0/s1. The monoisotopic (exact) mass is 746 g/mol. The topological polar surface area (TPSA) is 88.4 Å². The average Bonchev–Trinajstić information content (AvgIpc) is 3.16. The molecule has 3 aromatic rings. The van der Waals surface area contributed by atoms with E-state index in [1.54, 1.807) is 44.8 Å². The van der Waals surface area contributed by atoms with Crippen molar-refractivity contribution in [1.82, 2.24) is 4.57 Å². The molecular weight excluding hydrogens is 722 g/mol. The van der Waals surface area contributed by atoms with Gasteiger partial charge in [0.2, 0.25) is 0 Å². The molecule has 1 atom stereocenters. The zero-order chi connectivity index (χ0) is 26.9. The van der Waals surface area contributed by atoms with E-state index < -0.39 is 12.0 Å². The Morgan fingerprint density at radius 1 is 1.08 bits per heavy atom. The number of benzene rings is 2. The van der Waals surface area contributed by atoms with Gasteiger partial charge in [-0.3, -0.25) is 9.36 Å². The van der Waals surface area contributed by atoms with Gasteiger partial charge in [0.1, 0.15) is 5.75 Å². The van der Waals surface area contributed by atoms with E-state index in [4.69, 9.17) is 18.9 Å². The first-order valence-electron chi connectivity index (χ1n) is 11.2. The van der Waals surface area contributed by atoms with Crippen LogP contribution in [0, 0.1) is 7.14 Å². The summed E-state index contributed by atoms with van der Waals surface area (Å²) in [5.74, 6) is 1.31. The van der Waals surface area contributed by atoms with Gasteiger partial charge in [0, 0.05) is 0 Å². The highest BCUT2D eigenvalue weighted by Crippen LogP contribution is 2.36. The number of methoxy groups -OCH3 is 3. The molecule has 11 heteroatoms. The molecule has 2 heterocycles. The molecule has 8 nitrogen and oxygen atoms in total. The summed E-state index contributed by atoms with van der Waals surface area (Å²) in [6, 6.07) is 8.51. The fourth-order valence-corrected chi connectivity index (χ4v) is 7.44. The van der Waals surface area contributed by atoms with Crippen LogP contribution in [0.5, 0.6) is 17.2 Å². The van der Waals surface area contributed by atoms with Gasteiger partial charge in [-0.05, 0) is 100 Å². The van der Waals surface area contributed by atoms with Gasteiger partial charge in [0.15, 0.2) is 16.3 Å². The Labute approximate surface area is 244 Å². The average molecular weight is 746 g/mol. The predicted molar refractivity (Wildman–Crippen MR) is 158 cm³/mol. The molecule has 0 bridgehead atoms. The van der Waals surface area contributed by atoms with E-state index in [-0.39, 0.29) is 12.2 Å². The number of hydrogen-bond acceptors (Lipinski definition) is 8. The van der Waals surface area contributed by atoms with Gasteiger partial charge in [0.05, 0.1) is 56.9 Å². The summed E-state index contributed by atoms with van der Waals surface area (Å²) < 4.78 is 25.6. The molecular formula is C26H24I2N2O6S. The van der Waals surface area contributed by atoms with E-state index in [0.717, 1.165) is 18.5 Å². The van der Waals surface area contributed by atoms with Gasteiger partial charge in [-0.2, -0.15) is 0 Å². The van der Waals surface area contributed by atoms with Crippen LogP contribution in [-0.2, 0) is 9.53 Å². The van der Waals surface area contributed by atoms with Crippen LogP contribution in [0.3, 0.4) is 0 Å². The molecule has 37 heavy (non-hydrogen) atoms. The van der Waals surface area contributed by atoms with E-state index in [1.165, 1.54) is 18.4 Å². The maximum atomic E-state index is 13.8. The fraction of sp³-hybridized carbons (Fsp3) is 0.269. The molecule has 1 aliphatic rings. The molecule has 0 radical (unpaired) electrons. The Morgan fingerprint density at radius 2 is 1.76 bits per heavy atom. The Morgan fingerprint density at radius 3 is 2.35 bits per heavy atom. The molecule has 0 saturated heterocycles. The van der Waals surface area contributed by atoms with Crippen molar-refractivity contribution in [2.75, 3.05) is 27.9 Å². The normalized spacial score (nSPS) is 15.2. The summed E-state index contributed by atoms with van der Waals surface area (Å²) in [6.07, 6.45) is 1.84. The summed E-state index contributed by atoms with van der Waals surface area (Å²) >= 11 is 5.70. The predicted octanol–water partition coefficient (Wildman–Crippen LogP) is 4.03. The van der Waals surface area contributed by atoms with Crippen molar-refractivity contribution in [3.63, 3.8) is 0 Å². The van der Waals surface area contributed by atoms with Crippen molar-refractivity contribution in [2.45, 2.75) is 19.9 Å². The highest BCUT2D eigenvalue weighted by molar-refractivity contribution is 14.1. The van der Waals surface area contributed by atoms with Crippen LogP contribution in [0.1, 0.15) is 31.0 Å². The summed E-state index contributed by atoms with van der Waals surface area (Å²) in [7, 11) is 4.73. The molecule has 0 amide bonds. The minimum atomic E-state index is -0.742. The van der Waals surface area contributed by atoms with Gasteiger partial charge in [0.25, 0.3) is 5.56 Å². The number of allylic oxidation sites excluding steroid dienone is 1. The highest BCUT2D eigenvalue weighted by Gasteiger charge is 2.34. The van der Waals surface area contributed by atoms with Crippen molar-refractivity contribution in [3.05, 3.63) is 79.6 Å². The largest absolute Gasteiger partial charge is 0.495 e. The Kier molecular flexibility index (Phi) is 8.63. The molecule has 0 unspecified atom stereocenters. The second kappa shape index (κ2) is 11.6. The van der Waals surface area contributed by atoms with Gasteiger partial charge in [-0.25, -0.2) is 9.79 Å². The summed E-state index contributed by atoms with van der Waals surface area (Å²) in [6.45, 7) is 3.70. The quantitative estimate of drug-likeness (QED) is 0.268. The number of hydrogen-bond donors (Lipinski definition) is 0. The SMILES string of the molecule is CCOC(=O)C1=C(C)N=c2s/c(=C\c3cc(I)c(OC)c(I)c3)c(=O)n2[C@H]1c1ccc(OC)c(OC)c1. The van der Waals surface area contributed by atoms with Crippen molar-refractivity contribution in [3.8, 4) is 17.2 Å². The van der Waals surface area contributed by atoms with E-state index in [2.05, 4.69) is 50.2 Å². The lowest BCUT2D eigenvalue weighted by Gasteiger charge is -2.25. The van der Waals surface area contributed by atoms with Gasteiger partial charge in [-0.15, -0.1) is 0 Å². The summed E-state index contributed by atoms with van der Waals surface area (Å²) in [4.78, 5) is 32.1. The molecule has 4 rings (SSSR count). The Bertz CT molecular complexity index is 1570. The number of halogens is 2. The summed E-state index contributed by atoms with van der Waals surface area (Å²) in [5.41, 5.74) is 2.10. The second-order valence-electron chi connectivity index (χ2n) is 7.93. The van der Waals surface area contributed by atoms with Crippen LogP contribution >= 0.6 is 56.5 Å². The maximum Gasteiger partial charge on any atom is 0.338 e. The van der Waals surface area contributed by atoms with Crippen molar-refractivity contribution in [2.24, 2.45) is 4.99 Å². The van der Waals surface area contributed by atoms with Crippen LogP contribution < -0.4 is 29.1 Å². The lowest BCUT2D eigenvalue weighted by Crippen LogP contribution is -2.40. The van der Waals surface area contributed by atoms with Crippen molar-refractivity contribution >= 4 is 68.6 Å². The highest BCUT2D eigenvalue weighted by atomic mass is 127. The molecule has 0 spiro atoms.